The van der Waals surface area contributed by atoms with E-state index < -0.39 is 5.54 Å². The highest BCUT2D eigenvalue weighted by Crippen LogP contribution is 2.33. The van der Waals surface area contributed by atoms with E-state index in [4.69, 9.17) is 5.73 Å². The summed E-state index contributed by atoms with van der Waals surface area (Å²) in [5.41, 5.74) is 6.40. The summed E-state index contributed by atoms with van der Waals surface area (Å²) in [4.78, 5) is 11.9. The minimum atomic E-state index is -0.606. The molecule has 0 heterocycles. The number of nitrogens with two attached hydrogens (primary N) is 1. The lowest BCUT2D eigenvalue weighted by Crippen LogP contribution is -2.43. The largest absolute Gasteiger partial charge is 0.348 e. The van der Waals surface area contributed by atoms with Gasteiger partial charge in [-0.3, -0.25) is 4.79 Å². The van der Waals surface area contributed by atoms with Crippen LogP contribution in [0, 0.1) is 0 Å². The third-order valence-corrected chi connectivity index (χ3v) is 3.86. The van der Waals surface area contributed by atoms with E-state index in [-0.39, 0.29) is 11.9 Å². The van der Waals surface area contributed by atoms with Crippen molar-refractivity contribution in [2.45, 2.75) is 31.3 Å². The van der Waals surface area contributed by atoms with Gasteiger partial charge in [-0.15, -0.1) is 0 Å². The molecule has 2 aromatic rings. The second-order valence-electron chi connectivity index (χ2n) is 5.46. The highest BCUT2D eigenvalue weighted by atomic mass is 16.2. The molecule has 1 atom stereocenters. The third-order valence-electron chi connectivity index (χ3n) is 3.86. The van der Waals surface area contributed by atoms with Gasteiger partial charge >= 0.3 is 0 Å². The van der Waals surface area contributed by atoms with Crippen molar-refractivity contribution in [3.8, 4) is 0 Å². The third kappa shape index (κ3) is 2.34. The Morgan fingerprint density at radius 1 is 1.21 bits per heavy atom. The van der Waals surface area contributed by atoms with Gasteiger partial charge in [0.1, 0.15) is 0 Å². The Balaban J connectivity index is 1.81. The van der Waals surface area contributed by atoms with E-state index in [0.29, 0.717) is 0 Å². The van der Waals surface area contributed by atoms with Crippen molar-refractivity contribution in [1.82, 2.24) is 5.32 Å². The van der Waals surface area contributed by atoms with Crippen LogP contribution in [-0.4, -0.2) is 11.4 Å². The van der Waals surface area contributed by atoms with Crippen LogP contribution in [-0.2, 0) is 4.79 Å². The van der Waals surface area contributed by atoms with Crippen LogP contribution in [0.2, 0.25) is 0 Å². The Kier molecular flexibility index (Phi) is 2.79. The molecule has 1 amide bonds. The van der Waals surface area contributed by atoms with Gasteiger partial charge in [0.05, 0.1) is 11.6 Å². The van der Waals surface area contributed by atoms with Crippen molar-refractivity contribution < 1.29 is 4.79 Å². The van der Waals surface area contributed by atoms with Crippen molar-refractivity contribution in [2.24, 2.45) is 5.73 Å². The van der Waals surface area contributed by atoms with Gasteiger partial charge < -0.3 is 11.1 Å². The molecule has 0 saturated heterocycles. The summed E-state index contributed by atoms with van der Waals surface area (Å²) < 4.78 is 0. The van der Waals surface area contributed by atoms with Crippen molar-refractivity contribution >= 4 is 16.7 Å². The van der Waals surface area contributed by atoms with Gasteiger partial charge in [-0.25, -0.2) is 0 Å². The second-order valence-corrected chi connectivity index (χ2v) is 5.46. The van der Waals surface area contributed by atoms with Crippen LogP contribution in [0.3, 0.4) is 0 Å². The Morgan fingerprint density at radius 3 is 2.58 bits per heavy atom. The molecule has 1 saturated carbocycles. The van der Waals surface area contributed by atoms with Crippen molar-refractivity contribution in [1.29, 1.82) is 0 Å². The Hall–Kier alpha value is -1.87. The van der Waals surface area contributed by atoms with E-state index in [1.807, 2.05) is 19.1 Å². The maximum atomic E-state index is 11.9. The van der Waals surface area contributed by atoms with Crippen LogP contribution in [0.4, 0.5) is 0 Å². The zero-order valence-corrected chi connectivity index (χ0v) is 11.0. The molecule has 3 nitrogen and oxygen atoms in total. The monoisotopic (exact) mass is 254 g/mol. The lowest BCUT2D eigenvalue weighted by Gasteiger charge is -2.17. The number of benzene rings is 2. The first-order chi connectivity index (χ1) is 9.08. The van der Waals surface area contributed by atoms with Gasteiger partial charge in [0, 0.05) is 0 Å². The van der Waals surface area contributed by atoms with Gasteiger partial charge in [0.2, 0.25) is 5.91 Å². The number of amides is 1. The summed E-state index contributed by atoms with van der Waals surface area (Å²) in [6.45, 7) is 1.99. The number of carbonyl (C=O) groups excluding carboxylic acids is 1. The summed E-state index contributed by atoms with van der Waals surface area (Å²) in [5.74, 6) is -0.0341. The minimum Gasteiger partial charge on any atom is -0.348 e. The fourth-order valence-corrected chi connectivity index (χ4v) is 2.26. The number of nitrogens with one attached hydrogen (secondary N) is 1. The molecular formula is C16H18N2O. The normalized spacial score (nSPS) is 18.0. The summed E-state index contributed by atoms with van der Waals surface area (Å²) in [6, 6.07) is 14.5. The Labute approximate surface area is 112 Å². The standard InChI is InChI=1S/C16H18N2O/c1-11(18-15(19)16(17)8-9-16)13-7-6-12-4-2-3-5-14(12)10-13/h2-7,10-11H,8-9,17H2,1H3,(H,18,19)/t11-/m1/s1. The van der Waals surface area contributed by atoms with Gasteiger partial charge in [-0.1, -0.05) is 36.4 Å². The van der Waals surface area contributed by atoms with Crippen molar-refractivity contribution in [3.05, 3.63) is 48.0 Å². The molecule has 2 aromatic carbocycles. The Morgan fingerprint density at radius 2 is 1.89 bits per heavy atom. The van der Waals surface area contributed by atoms with E-state index >= 15 is 0 Å². The fraction of sp³-hybridized carbons (Fsp3) is 0.312. The number of rotatable bonds is 3. The molecule has 19 heavy (non-hydrogen) atoms. The number of hydrogen-bond acceptors (Lipinski definition) is 2. The van der Waals surface area contributed by atoms with Crippen LogP contribution >= 0.6 is 0 Å². The first-order valence-corrected chi connectivity index (χ1v) is 6.67. The molecule has 98 valence electrons. The molecule has 0 spiro atoms. The van der Waals surface area contributed by atoms with Gasteiger partial charge in [-0.05, 0) is 42.2 Å². The first-order valence-electron chi connectivity index (χ1n) is 6.67. The van der Waals surface area contributed by atoms with Crippen LogP contribution < -0.4 is 11.1 Å². The van der Waals surface area contributed by atoms with Crippen LogP contribution in [0.15, 0.2) is 42.5 Å². The SMILES string of the molecule is C[C@@H](NC(=O)C1(N)CC1)c1ccc2ccccc2c1. The van der Waals surface area contributed by atoms with Crippen LogP contribution in [0.5, 0.6) is 0 Å². The predicted molar refractivity (Wildman–Crippen MR) is 76.7 cm³/mol. The van der Waals surface area contributed by atoms with Gasteiger partial charge in [0.25, 0.3) is 0 Å². The van der Waals surface area contributed by atoms with Crippen molar-refractivity contribution in [3.63, 3.8) is 0 Å². The molecule has 0 aromatic heterocycles. The van der Waals surface area contributed by atoms with E-state index in [1.54, 1.807) is 0 Å². The molecular weight excluding hydrogens is 236 g/mol. The molecule has 1 fully saturated rings. The molecule has 0 unspecified atom stereocenters. The molecule has 3 rings (SSSR count). The average molecular weight is 254 g/mol. The van der Waals surface area contributed by atoms with Crippen LogP contribution in [0.1, 0.15) is 31.4 Å². The molecule has 0 aliphatic heterocycles. The maximum Gasteiger partial charge on any atom is 0.240 e. The number of carbonyl (C=O) groups is 1. The molecule has 3 heteroatoms. The van der Waals surface area contributed by atoms with Gasteiger partial charge in [-0.2, -0.15) is 0 Å². The van der Waals surface area contributed by atoms with E-state index in [0.717, 1.165) is 18.4 Å². The fourth-order valence-electron chi connectivity index (χ4n) is 2.26. The Bertz CT molecular complexity index is 631. The highest BCUT2D eigenvalue weighted by Gasteiger charge is 2.46. The smallest absolute Gasteiger partial charge is 0.240 e. The second kappa shape index (κ2) is 4.35. The lowest BCUT2D eigenvalue weighted by molar-refractivity contribution is -0.123. The summed E-state index contributed by atoms with van der Waals surface area (Å²) in [6.07, 6.45) is 1.59. The summed E-state index contributed by atoms with van der Waals surface area (Å²) in [5, 5.41) is 5.40. The van der Waals surface area contributed by atoms with Gasteiger partial charge in [0.15, 0.2) is 0 Å². The predicted octanol–water partition coefficient (Wildman–Crippen LogP) is 2.51. The molecule has 0 radical (unpaired) electrons. The number of hydrogen-bond donors (Lipinski definition) is 2. The van der Waals surface area contributed by atoms with E-state index in [1.165, 1.54) is 10.8 Å². The highest BCUT2D eigenvalue weighted by molar-refractivity contribution is 5.89. The minimum absolute atomic E-state index is 0.0156. The zero-order chi connectivity index (χ0) is 13.5. The van der Waals surface area contributed by atoms with E-state index in [9.17, 15) is 4.79 Å². The molecule has 0 bridgehead atoms. The average Bonchev–Trinajstić information content (AvgIpc) is 3.17. The summed E-state index contributed by atoms with van der Waals surface area (Å²) >= 11 is 0. The molecule has 1 aliphatic carbocycles. The maximum absolute atomic E-state index is 11.9. The van der Waals surface area contributed by atoms with E-state index in [2.05, 4.69) is 35.6 Å². The van der Waals surface area contributed by atoms with Crippen LogP contribution in [0.25, 0.3) is 10.8 Å². The summed E-state index contributed by atoms with van der Waals surface area (Å²) in [7, 11) is 0. The topological polar surface area (TPSA) is 55.1 Å². The lowest BCUT2D eigenvalue weighted by atomic mass is 10.0. The number of fused-ring (bicyclic) bond motifs is 1. The molecule has 3 N–H and O–H groups in total. The molecule has 1 aliphatic rings. The zero-order valence-electron chi connectivity index (χ0n) is 11.0. The quantitative estimate of drug-likeness (QED) is 0.884. The van der Waals surface area contributed by atoms with Crippen molar-refractivity contribution in [2.75, 3.05) is 0 Å². The first kappa shape index (κ1) is 12.2.